The predicted octanol–water partition coefficient (Wildman–Crippen LogP) is 11.1. The van der Waals surface area contributed by atoms with E-state index < -0.39 is 20.0 Å². The van der Waals surface area contributed by atoms with Crippen LogP contribution in [0.15, 0.2) is 70.8 Å². The molecular weight excluding hydrogens is 623 g/mol. The van der Waals surface area contributed by atoms with Gasteiger partial charge in [-0.15, -0.1) is 0 Å². The third kappa shape index (κ3) is 3.77. The van der Waals surface area contributed by atoms with Crippen molar-refractivity contribution >= 4 is 6.08 Å². The van der Waals surface area contributed by atoms with E-state index in [1.807, 2.05) is 0 Å². The van der Waals surface area contributed by atoms with Crippen molar-refractivity contribution in [2.75, 3.05) is 0 Å². The Labute approximate surface area is 238 Å². The summed E-state index contributed by atoms with van der Waals surface area (Å²) < 4.78 is 5.99. The number of allylic oxidation sites excluding steroid dienone is 5. The molecule has 0 bridgehead atoms. The fraction of sp³-hybridized carbons (Fsp3) is 0.514. The van der Waals surface area contributed by atoms with Gasteiger partial charge in [-0.2, -0.15) is 0 Å². The molecule has 0 N–H and O–H groups in total. The van der Waals surface area contributed by atoms with Crippen molar-refractivity contribution in [1.29, 1.82) is 0 Å². The summed E-state index contributed by atoms with van der Waals surface area (Å²) in [5.74, 6) is 0.519. The molecule has 0 radical (unpaired) electrons. The van der Waals surface area contributed by atoms with Crippen LogP contribution < -0.4 is 0 Å². The molecule has 2 aromatic rings. The number of hydrogen-bond acceptors (Lipinski definition) is 0. The molecule has 2 atom stereocenters. The Hall–Kier alpha value is -1.47. The van der Waals surface area contributed by atoms with Crippen molar-refractivity contribution in [3.05, 3.63) is 98.7 Å². The van der Waals surface area contributed by atoms with Gasteiger partial charge >= 0.3 is 239 Å². The van der Waals surface area contributed by atoms with Crippen molar-refractivity contribution in [2.24, 2.45) is 5.41 Å². The number of rotatable bonds is 7. The van der Waals surface area contributed by atoms with E-state index in [1.54, 1.807) is 39.0 Å². The molecule has 0 aliphatic heterocycles. The van der Waals surface area contributed by atoms with Gasteiger partial charge in [-0.1, -0.05) is 0 Å². The van der Waals surface area contributed by atoms with Crippen LogP contribution in [0.4, 0.5) is 0 Å². The van der Waals surface area contributed by atoms with Gasteiger partial charge in [-0.25, -0.2) is 0 Å². The molecule has 0 aromatic heterocycles. The zero-order chi connectivity index (χ0) is 27.7. The monoisotopic (exact) mass is 674 g/mol. The average Bonchev–Trinajstić information content (AvgIpc) is 3.52. The minimum absolute atomic E-state index is 0.165. The van der Waals surface area contributed by atoms with Gasteiger partial charge in [-0.3, -0.25) is 0 Å². The van der Waals surface area contributed by atoms with Crippen LogP contribution in [0.1, 0.15) is 108 Å². The van der Waals surface area contributed by atoms with Crippen molar-refractivity contribution in [3.63, 3.8) is 0 Å². The molecule has 3 aliphatic carbocycles. The molecule has 5 rings (SSSR count). The molecule has 2 aromatic carbocycles. The van der Waals surface area contributed by atoms with Gasteiger partial charge in [0.2, 0.25) is 0 Å². The van der Waals surface area contributed by atoms with Gasteiger partial charge in [0.05, 0.1) is 0 Å². The molecule has 0 fully saturated rings. The van der Waals surface area contributed by atoms with Crippen LogP contribution >= 0.6 is 0 Å². The molecule has 0 amide bonds. The van der Waals surface area contributed by atoms with Crippen LogP contribution in [0, 0.1) is 5.41 Å². The molecule has 0 saturated carbocycles. The van der Waals surface area contributed by atoms with Crippen molar-refractivity contribution in [1.82, 2.24) is 0 Å². The average molecular weight is 673 g/mol. The quantitative estimate of drug-likeness (QED) is 0.257. The van der Waals surface area contributed by atoms with Gasteiger partial charge in [0, 0.05) is 0 Å². The Balaban J connectivity index is 1.71. The summed E-state index contributed by atoms with van der Waals surface area (Å²) in [4.78, 5) is 0. The van der Waals surface area contributed by atoms with Crippen molar-refractivity contribution < 1.29 is 20.0 Å². The Morgan fingerprint density at radius 1 is 0.842 bits per heavy atom. The van der Waals surface area contributed by atoms with Gasteiger partial charge < -0.3 is 0 Å². The third-order valence-electron chi connectivity index (χ3n) is 12.6. The van der Waals surface area contributed by atoms with Crippen LogP contribution in [-0.4, -0.2) is 0 Å². The molecule has 0 heterocycles. The van der Waals surface area contributed by atoms with Gasteiger partial charge in [0.1, 0.15) is 0 Å². The van der Waals surface area contributed by atoms with Gasteiger partial charge in [-0.05, 0) is 0 Å². The first kappa shape index (κ1) is 28.1. The Bertz CT molecular complexity index is 1320. The second-order valence-electron chi connectivity index (χ2n) is 13.8. The third-order valence-corrected chi connectivity index (χ3v) is 34.6. The summed E-state index contributed by atoms with van der Waals surface area (Å²) in [5, 5.41) is 0. The second-order valence-corrected chi connectivity index (χ2v) is 32.3. The first-order chi connectivity index (χ1) is 17.9. The molecule has 3 aliphatic rings. The Morgan fingerprint density at radius 3 is 1.95 bits per heavy atom. The molecule has 0 nitrogen and oxygen atoms in total. The van der Waals surface area contributed by atoms with E-state index in [2.05, 4.69) is 119 Å². The van der Waals surface area contributed by atoms with E-state index in [9.17, 15) is 0 Å². The summed E-state index contributed by atoms with van der Waals surface area (Å²) in [5.41, 5.74) is 14.9. The maximum absolute atomic E-state index is 3.28. The normalized spacial score (nSPS) is 24.3. The summed E-state index contributed by atoms with van der Waals surface area (Å²) in [7, 11) is 0. The molecule has 202 valence electrons. The summed E-state index contributed by atoms with van der Waals surface area (Å²) in [6.07, 6.45) is 11.6. The molecule has 2 unspecified atom stereocenters. The van der Waals surface area contributed by atoms with E-state index in [-0.39, 0.29) is 6.34 Å². The Kier molecular flexibility index (Phi) is 7.07. The second kappa shape index (κ2) is 9.57. The zero-order valence-corrected chi connectivity index (χ0v) is 29.4. The van der Waals surface area contributed by atoms with Crippen LogP contribution in [0.3, 0.4) is 0 Å². The summed E-state index contributed by atoms with van der Waals surface area (Å²) in [6.45, 7) is 19.6. The van der Waals surface area contributed by atoms with Gasteiger partial charge in [0.25, 0.3) is 0 Å². The molecule has 0 spiro atoms. The van der Waals surface area contributed by atoms with Crippen LogP contribution in [-0.2, 0) is 36.0 Å². The molecular formula is C37H50Hf. The summed E-state index contributed by atoms with van der Waals surface area (Å²) in [6, 6.07) is 16.6. The first-order valence-electron chi connectivity index (χ1n) is 15.1. The fourth-order valence-corrected chi connectivity index (χ4v) is 28.1. The molecule has 1 heteroatoms. The summed E-state index contributed by atoms with van der Waals surface area (Å²) >= 11 is -3.28. The fourth-order valence-electron chi connectivity index (χ4n) is 8.84. The minimum atomic E-state index is -3.28. The zero-order valence-electron chi connectivity index (χ0n) is 25.8. The SMILES string of the molecule is CCC1(CC)Cc2cc3c(cc2C1)[C](CC(C)c1ccccc1)([Hf]([CH3])([CH3])[C]1(C)C(C)=C(C)C(C)=C1C)C=C3. The van der Waals surface area contributed by atoms with E-state index in [1.165, 1.54) is 43.2 Å². The van der Waals surface area contributed by atoms with E-state index in [4.69, 9.17) is 0 Å². The van der Waals surface area contributed by atoms with Crippen molar-refractivity contribution in [2.45, 2.75) is 109 Å². The van der Waals surface area contributed by atoms with Crippen LogP contribution in [0.5, 0.6) is 0 Å². The predicted molar refractivity (Wildman–Crippen MR) is 164 cm³/mol. The van der Waals surface area contributed by atoms with Crippen LogP contribution in [0.25, 0.3) is 6.08 Å². The first-order valence-corrected chi connectivity index (χ1v) is 25.9. The number of fused-ring (bicyclic) bond motifs is 2. The van der Waals surface area contributed by atoms with Gasteiger partial charge in [0.15, 0.2) is 0 Å². The maximum atomic E-state index is 2.80. The number of benzene rings is 2. The standard InChI is InChI=1S/C25H29.C10H15.2CH3.Hf/c1-4-25(5-2)16-22-14-21-12-11-20(24(21)15-23(22)17-25)13-18(3)19-9-7-6-8-10-19;1-6-7(2)9(4)10(5)8(6)3;;;/h6-12,14-15,18H,4-5,13,16-17H2,1-3H3;1-5H3;2*1H3;. The topological polar surface area (TPSA) is 0 Å². The van der Waals surface area contributed by atoms with Crippen molar-refractivity contribution in [3.8, 4) is 0 Å². The van der Waals surface area contributed by atoms with E-state index >= 15 is 0 Å². The Morgan fingerprint density at radius 2 is 1.39 bits per heavy atom. The molecule has 38 heavy (non-hydrogen) atoms. The van der Waals surface area contributed by atoms with Crippen LogP contribution in [0.2, 0.25) is 12.5 Å². The van der Waals surface area contributed by atoms with E-state index in [0.717, 1.165) is 0 Å². The number of hydrogen-bond donors (Lipinski definition) is 0. The van der Waals surface area contributed by atoms with E-state index in [0.29, 0.717) is 11.3 Å². The molecule has 0 saturated heterocycles.